The molecule has 42 heavy (non-hydrogen) atoms. The van der Waals surface area contributed by atoms with Crippen molar-refractivity contribution >= 4 is 68.0 Å². The smallest absolute Gasteiger partial charge is 0.140 e. The van der Waals surface area contributed by atoms with E-state index < -0.39 is 5.60 Å². The van der Waals surface area contributed by atoms with E-state index in [-0.39, 0.29) is 11.2 Å². The summed E-state index contributed by atoms with van der Waals surface area (Å²) in [4.78, 5) is 12.9. The predicted octanol–water partition coefficient (Wildman–Crippen LogP) is 12.3. The molecule has 0 N–H and O–H groups in total. The Hall–Kier alpha value is -2.40. The van der Waals surface area contributed by atoms with E-state index in [1.54, 1.807) is 22.7 Å². The Morgan fingerprint density at radius 3 is 1.24 bits per heavy atom. The van der Waals surface area contributed by atoms with Crippen molar-refractivity contribution in [2.24, 2.45) is 0 Å². The van der Waals surface area contributed by atoms with Gasteiger partial charge in [0.2, 0.25) is 0 Å². The number of fused-ring (bicyclic) bond motifs is 9. The topological polar surface area (TPSA) is 27.7 Å². The van der Waals surface area contributed by atoms with Gasteiger partial charge in [0.15, 0.2) is 0 Å². The van der Waals surface area contributed by atoms with Gasteiger partial charge in [0.05, 0.1) is 29.3 Å². The maximum Gasteiger partial charge on any atom is 0.140 e. The van der Waals surface area contributed by atoms with E-state index >= 15 is 0 Å². The van der Waals surface area contributed by atoms with Crippen LogP contribution < -0.4 is 14.2 Å². The summed E-state index contributed by atoms with van der Waals surface area (Å²) in [5, 5.41) is 4.26. The minimum atomic E-state index is -0.411. The summed E-state index contributed by atoms with van der Waals surface area (Å²) < 4.78 is 19.5. The highest BCUT2D eigenvalue weighted by Crippen LogP contribution is 2.60. The summed E-state index contributed by atoms with van der Waals surface area (Å²) >= 11 is 11.0. The molecule has 0 saturated carbocycles. The van der Waals surface area contributed by atoms with Gasteiger partial charge in [-0.2, -0.15) is 0 Å². The molecule has 3 aliphatic heterocycles. The Morgan fingerprint density at radius 2 is 0.786 bits per heavy atom. The van der Waals surface area contributed by atoms with Crippen LogP contribution >= 0.6 is 68.0 Å². The third-order valence-corrected chi connectivity index (χ3v) is 15.5. The van der Waals surface area contributed by atoms with E-state index in [1.165, 1.54) is 65.5 Å². The first kappa shape index (κ1) is 26.0. The van der Waals surface area contributed by atoms with E-state index in [9.17, 15) is 0 Å². The van der Waals surface area contributed by atoms with Crippen molar-refractivity contribution in [1.82, 2.24) is 0 Å². The van der Waals surface area contributed by atoms with Crippen molar-refractivity contribution in [2.75, 3.05) is 0 Å². The molecule has 0 fully saturated rings. The van der Waals surface area contributed by atoms with Crippen molar-refractivity contribution in [3.05, 3.63) is 63.8 Å². The van der Waals surface area contributed by atoms with Crippen molar-refractivity contribution in [3.8, 4) is 66.0 Å². The lowest BCUT2D eigenvalue weighted by Crippen LogP contribution is -2.27. The molecular weight excluding hydrogens is 637 g/mol. The fraction of sp³-hybridized carbons (Fsp3) is 0.273. The number of hydrogen-bond acceptors (Lipinski definition) is 9. The molecular formula is C33H26O3S6. The van der Waals surface area contributed by atoms with E-state index in [1.807, 2.05) is 45.3 Å². The lowest BCUT2D eigenvalue weighted by atomic mass is 9.94. The normalized spacial score (nSPS) is 18.0. The number of thiophene rings is 6. The molecule has 0 bridgehead atoms. The highest BCUT2D eigenvalue weighted by atomic mass is 32.1. The summed E-state index contributed by atoms with van der Waals surface area (Å²) in [7, 11) is 0. The first-order valence-corrected chi connectivity index (χ1v) is 18.8. The van der Waals surface area contributed by atoms with Crippen LogP contribution in [0.5, 0.6) is 17.2 Å². The molecule has 0 spiro atoms. The number of ether oxygens (including phenoxy) is 3. The van der Waals surface area contributed by atoms with E-state index in [2.05, 4.69) is 88.7 Å². The summed E-state index contributed by atoms with van der Waals surface area (Å²) in [6.45, 7) is 13.1. The van der Waals surface area contributed by atoms with Gasteiger partial charge in [-0.1, -0.05) is 0 Å². The van der Waals surface area contributed by atoms with Crippen molar-refractivity contribution in [1.29, 1.82) is 0 Å². The maximum atomic E-state index is 6.72. The van der Waals surface area contributed by atoms with Crippen LogP contribution in [-0.2, 0) is 16.8 Å². The molecule has 0 aliphatic carbocycles. The second-order valence-electron chi connectivity index (χ2n) is 12.4. The Balaban J connectivity index is 1.15. The molecule has 0 aromatic carbocycles. The fourth-order valence-corrected chi connectivity index (χ4v) is 13.5. The molecule has 0 saturated heterocycles. The zero-order valence-corrected chi connectivity index (χ0v) is 28.7. The molecule has 0 radical (unpaired) electrons. The van der Waals surface area contributed by atoms with Gasteiger partial charge in [-0.05, 0) is 82.6 Å². The largest absolute Gasteiger partial charge is 0.482 e. The van der Waals surface area contributed by atoms with Crippen LogP contribution in [0, 0.1) is 0 Å². The van der Waals surface area contributed by atoms with Crippen LogP contribution in [-0.4, -0.2) is 0 Å². The molecule has 6 aromatic heterocycles. The Kier molecular flexibility index (Phi) is 5.21. The first-order valence-electron chi connectivity index (χ1n) is 13.8. The zero-order chi connectivity index (χ0) is 28.8. The Bertz CT molecular complexity index is 2070. The van der Waals surface area contributed by atoms with Gasteiger partial charge >= 0.3 is 0 Å². The van der Waals surface area contributed by atoms with Gasteiger partial charge in [0.25, 0.3) is 0 Å². The molecule has 9 rings (SSSR count). The second-order valence-corrected chi connectivity index (χ2v) is 18.5. The fourth-order valence-electron chi connectivity index (χ4n) is 6.19. The number of rotatable bonds is 2. The molecule has 6 aromatic rings. The van der Waals surface area contributed by atoms with Gasteiger partial charge in [-0.3, -0.25) is 0 Å². The molecule has 9 heterocycles. The third-order valence-electron chi connectivity index (χ3n) is 8.30. The van der Waals surface area contributed by atoms with Crippen LogP contribution in [0.1, 0.15) is 58.2 Å². The average molecular weight is 663 g/mol. The van der Waals surface area contributed by atoms with Crippen LogP contribution in [0.15, 0.2) is 47.2 Å². The Morgan fingerprint density at radius 1 is 0.429 bits per heavy atom. The lowest BCUT2D eigenvalue weighted by molar-refractivity contribution is 0.107. The maximum absolute atomic E-state index is 6.72. The first-order chi connectivity index (χ1) is 20.0. The molecule has 0 unspecified atom stereocenters. The van der Waals surface area contributed by atoms with Gasteiger partial charge in [-0.25, -0.2) is 0 Å². The highest BCUT2D eigenvalue weighted by Gasteiger charge is 2.40. The molecule has 3 aliphatic rings. The molecule has 3 nitrogen and oxygen atoms in total. The van der Waals surface area contributed by atoms with E-state index in [4.69, 9.17) is 14.2 Å². The predicted molar refractivity (Wildman–Crippen MR) is 182 cm³/mol. The number of hydrogen-bond donors (Lipinski definition) is 0. The Labute approximate surface area is 268 Å². The van der Waals surface area contributed by atoms with Crippen LogP contribution in [0.4, 0.5) is 0 Å². The summed E-state index contributed by atoms with van der Waals surface area (Å²) in [5.41, 5.74) is 2.70. The van der Waals surface area contributed by atoms with E-state index in [0.29, 0.717) is 0 Å². The molecule has 9 heteroatoms. The zero-order valence-electron chi connectivity index (χ0n) is 23.8. The van der Waals surface area contributed by atoms with Gasteiger partial charge < -0.3 is 14.2 Å². The minimum Gasteiger partial charge on any atom is -0.482 e. The minimum absolute atomic E-state index is 0.351. The third kappa shape index (κ3) is 3.58. The molecule has 212 valence electrons. The summed E-state index contributed by atoms with van der Waals surface area (Å²) in [6.07, 6.45) is 0. The quantitative estimate of drug-likeness (QED) is 0.185. The van der Waals surface area contributed by atoms with Crippen molar-refractivity contribution in [3.63, 3.8) is 0 Å². The van der Waals surface area contributed by atoms with E-state index in [0.717, 1.165) is 17.2 Å². The molecule has 0 atom stereocenters. The molecule has 0 amide bonds. The second kappa shape index (κ2) is 8.40. The van der Waals surface area contributed by atoms with Crippen LogP contribution in [0.3, 0.4) is 0 Å². The average Bonchev–Trinajstić information content (AvgIpc) is 3.73. The van der Waals surface area contributed by atoms with Crippen LogP contribution in [0.2, 0.25) is 0 Å². The highest BCUT2D eigenvalue weighted by molar-refractivity contribution is 7.30. The van der Waals surface area contributed by atoms with Crippen LogP contribution in [0.25, 0.3) is 48.8 Å². The van der Waals surface area contributed by atoms with Gasteiger partial charge in [0.1, 0.15) is 34.1 Å². The SMILES string of the molecule is CC1(C)Oc2ccsc2-c2sc(-c3cc4c(s3)-c3sc(-c5cc6c(s5)-c5sccc5OC6(C)C)cc3C(C)(C)O4)cc21. The lowest BCUT2D eigenvalue weighted by Gasteiger charge is -2.31. The van der Waals surface area contributed by atoms with Gasteiger partial charge in [0, 0.05) is 42.3 Å². The van der Waals surface area contributed by atoms with Crippen molar-refractivity contribution < 1.29 is 14.2 Å². The monoisotopic (exact) mass is 662 g/mol. The summed E-state index contributed by atoms with van der Waals surface area (Å²) in [5.74, 6) is 2.99. The van der Waals surface area contributed by atoms with Gasteiger partial charge in [-0.15, -0.1) is 68.0 Å². The standard InChI is InChI=1S/C33H26O3S6/c1-31(2)15-11-21(39-25(15)28-18(34-31)7-9-37-28)22-13-17-27(41-22)30-20(36-33(17,5)6)14-24(42-30)23-12-16-26(40-23)29-19(8-10-38-29)35-32(16,3)4/h7-14H,1-6H3. The summed E-state index contributed by atoms with van der Waals surface area (Å²) in [6, 6.07) is 13.5. The van der Waals surface area contributed by atoms with Crippen molar-refractivity contribution in [2.45, 2.75) is 58.3 Å².